The number of carbonyl (C=O) groups excluding carboxylic acids is 1. The van der Waals surface area contributed by atoms with E-state index in [1.807, 2.05) is 42.2 Å². The summed E-state index contributed by atoms with van der Waals surface area (Å²) in [5.41, 5.74) is 6.83. The first-order valence-electron chi connectivity index (χ1n) is 6.69. The zero-order chi connectivity index (χ0) is 14.1. The normalized spacial score (nSPS) is 12.2. The molecule has 0 aromatic heterocycles. The highest BCUT2D eigenvalue weighted by Gasteiger charge is 2.14. The van der Waals surface area contributed by atoms with E-state index < -0.39 is 0 Å². The molecule has 106 valence electrons. The lowest BCUT2D eigenvalue weighted by atomic mass is 10.1. The van der Waals surface area contributed by atoms with Crippen LogP contribution in [-0.2, 0) is 16.1 Å². The van der Waals surface area contributed by atoms with Gasteiger partial charge < -0.3 is 15.4 Å². The number of rotatable bonds is 8. The van der Waals surface area contributed by atoms with Gasteiger partial charge in [-0.2, -0.15) is 0 Å². The summed E-state index contributed by atoms with van der Waals surface area (Å²) in [6.45, 7) is 3.71. The zero-order valence-corrected chi connectivity index (χ0v) is 11.8. The van der Waals surface area contributed by atoms with Gasteiger partial charge in [-0.05, 0) is 18.9 Å². The lowest BCUT2D eigenvalue weighted by Crippen LogP contribution is -2.34. The molecule has 0 spiro atoms. The van der Waals surface area contributed by atoms with E-state index >= 15 is 0 Å². The van der Waals surface area contributed by atoms with Gasteiger partial charge in [0.05, 0.1) is 6.61 Å². The first-order valence-corrected chi connectivity index (χ1v) is 6.69. The first-order chi connectivity index (χ1) is 9.13. The van der Waals surface area contributed by atoms with Gasteiger partial charge in [0.25, 0.3) is 0 Å². The Hall–Kier alpha value is -1.39. The van der Waals surface area contributed by atoms with E-state index in [0.29, 0.717) is 26.1 Å². The molecule has 0 bridgehead atoms. The van der Waals surface area contributed by atoms with E-state index in [0.717, 1.165) is 12.0 Å². The molecule has 0 fully saturated rings. The summed E-state index contributed by atoms with van der Waals surface area (Å²) < 4.78 is 5.07. The molecule has 0 saturated carbocycles. The van der Waals surface area contributed by atoms with E-state index in [2.05, 4.69) is 0 Å². The maximum atomic E-state index is 12.2. The molecule has 1 rings (SSSR count). The van der Waals surface area contributed by atoms with Crippen molar-refractivity contribution in [2.45, 2.75) is 32.4 Å². The van der Waals surface area contributed by atoms with E-state index in [1.54, 1.807) is 7.11 Å². The molecule has 1 aromatic carbocycles. The van der Waals surface area contributed by atoms with Crippen LogP contribution < -0.4 is 5.73 Å². The monoisotopic (exact) mass is 264 g/mol. The summed E-state index contributed by atoms with van der Waals surface area (Å²) in [7, 11) is 1.65. The summed E-state index contributed by atoms with van der Waals surface area (Å²) in [6, 6.07) is 10.1. The van der Waals surface area contributed by atoms with Gasteiger partial charge in [-0.3, -0.25) is 4.79 Å². The molecule has 0 saturated heterocycles. The number of nitrogens with two attached hydrogens (primary N) is 1. The Labute approximate surface area is 115 Å². The van der Waals surface area contributed by atoms with Crippen LogP contribution >= 0.6 is 0 Å². The van der Waals surface area contributed by atoms with Crippen molar-refractivity contribution in [3.05, 3.63) is 35.9 Å². The van der Waals surface area contributed by atoms with Crippen molar-refractivity contribution in [3.8, 4) is 0 Å². The fourth-order valence-electron chi connectivity index (χ4n) is 1.81. The lowest BCUT2D eigenvalue weighted by molar-refractivity contribution is -0.132. The van der Waals surface area contributed by atoms with Crippen LogP contribution in [0.4, 0.5) is 0 Å². The zero-order valence-electron chi connectivity index (χ0n) is 11.8. The Balaban J connectivity index is 2.57. The maximum Gasteiger partial charge on any atom is 0.223 e. The van der Waals surface area contributed by atoms with E-state index in [4.69, 9.17) is 10.5 Å². The van der Waals surface area contributed by atoms with Crippen LogP contribution in [0.3, 0.4) is 0 Å². The molecule has 0 radical (unpaired) electrons. The van der Waals surface area contributed by atoms with Crippen molar-refractivity contribution in [1.29, 1.82) is 0 Å². The van der Waals surface area contributed by atoms with Crippen LogP contribution in [-0.4, -0.2) is 37.1 Å². The van der Waals surface area contributed by atoms with Crippen LogP contribution in [0.15, 0.2) is 30.3 Å². The molecule has 0 aliphatic carbocycles. The second kappa shape index (κ2) is 8.67. The van der Waals surface area contributed by atoms with Gasteiger partial charge in [-0.15, -0.1) is 0 Å². The smallest absolute Gasteiger partial charge is 0.223 e. The van der Waals surface area contributed by atoms with E-state index in [-0.39, 0.29) is 11.9 Å². The lowest BCUT2D eigenvalue weighted by Gasteiger charge is -2.23. The second-order valence-corrected chi connectivity index (χ2v) is 4.81. The van der Waals surface area contributed by atoms with Gasteiger partial charge in [-0.25, -0.2) is 0 Å². The highest BCUT2D eigenvalue weighted by atomic mass is 16.5. The third-order valence-electron chi connectivity index (χ3n) is 2.95. The van der Waals surface area contributed by atoms with Crippen molar-refractivity contribution < 1.29 is 9.53 Å². The van der Waals surface area contributed by atoms with Crippen LogP contribution in [0.2, 0.25) is 0 Å². The molecule has 0 aliphatic heterocycles. The highest BCUT2D eigenvalue weighted by molar-refractivity contribution is 5.76. The molecule has 1 aromatic rings. The molecular weight excluding hydrogens is 240 g/mol. The summed E-state index contributed by atoms with van der Waals surface area (Å²) >= 11 is 0. The van der Waals surface area contributed by atoms with Crippen LogP contribution in [0.1, 0.15) is 25.3 Å². The molecule has 0 heterocycles. The van der Waals surface area contributed by atoms with Gasteiger partial charge in [0.2, 0.25) is 5.91 Å². The quantitative estimate of drug-likeness (QED) is 0.779. The molecule has 4 nitrogen and oxygen atoms in total. The van der Waals surface area contributed by atoms with Crippen LogP contribution in [0, 0.1) is 0 Å². The third-order valence-corrected chi connectivity index (χ3v) is 2.95. The van der Waals surface area contributed by atoms with Crippen molar-refractivity contribution in [2.75, 3.05) is 20.3 Å². The molecule has 19 heavy (non-hydrogen) atoms. The fraction of sp³-hybridized carbons (Fsp3) is 0.533. The molecule has 0 aliphatic rings. The SMILES string of the molecule is COCCN(Cc1ccccc1)C(=O)CCC(C)N. The average Bonchev–Trinajstić information content (AvgIpc) is 2.41. The molecule has 4 heteroatoms. The van der Waals surface area contributed by atoms with Crippen molar-refractivity contribution in [3.63, 3.8) is 0 Å². The van der Waals surface area contributed by atoms with Crippen LogP contribution in [0.5, 0.6) is 0 Å². The largest absolute Gasteiger partial charge is 0.383 e. The minimum atomic E-state index is 0.0601. The predicted octanol–water partition coefficient (Wildman–Crippen LogP) is 1.79. The number of carbonyl (C=O) groups is 1. The number of ether oxygens (including phenoxy) is 1. The standard InChI is InChI=1S/C15H24N2O2/c1-13(16)8-9-15(18)17(10-11-19-2)12-14-6-4-3-5-7-14/h3-7,13H,8-12,16H2,1-2H3. The number of hydrogen-bond acceptors (Lipinski definition) is 3. The molecular formula is C15H24N2O2. The molecule has 1 amide bonds. The minimum absolute atomic E-state index is 0.0601. The van der Waals surface area contributed by atoms with Crippen molar-refractivity contribution in [2.24, 2.45) is 5.73 Å². The Morgan fingerprint density at radius 2 is 2.05 bits per heavy atom. The summed E-state index contributed by atoms with van der Waals surface area (Å²) in [4.78, 5) is 14.0. The second-order valence-electron chi connectivity index (χ2n) is 4.81. The minimum Gasteiger partial charge on any atom is -0.383 e. The first kappa shape index (κ1) is 15.7. The maximum absolute atomic E-state index is 12.2. The summed E-state index contributed by atoms with van der Waals surface area (Å²) in [6.07, 6.45) is 1.21. The Kier molecular flexibility index (Phi) is 7.15. The number of methoxy groups -OCH3 is 1. The summed E-state index contributed by atoms with van der Waals surface area (Å²) in [5.74, 6) is 0.137. The number of nitrogens with zero attached hydrogens (tertiary/aromatic N) is 1. The topological polar surface area (TPSA) is 55.6 Å². The van der Waals surface area contributed by atoms with Gasteiger partial charge in [-0.1, -0.05) is 30.3 Å². The Bertz CT molecular complexity index is 366. The average molecular weight is 264 g/mol. The Morgan fingerprint density at radius 1 is 1.37 bits per heavy atom. The third kappa shape index (κ3) is 6.36. The van der Waals surface area contributed by atoms with Crippen molar-refractivity contribution in [1.82, 2.24) is 4.90 Å². The molecule has 1 unspecified atom stereocenters. The number of hydrogen-bond donors (Lipinski definition) is 1. The van der Waals surface area contributed by atoms with E-state index in [9.17, 15) is 4.79 Å². The van der Waals surface area contributed by atoms with Gasteiger partial charge in [0, 0.05) is 32.7 Å². The van der Waals surface area contributed by atoms with Gasteiger partial charge in [0.1, 0.15) is 0 Å². The van der Waals surface area contributed by atoms with E-state index in [1.165, 1.54) is 0 Å². The highest BCUT2D eigenvalue weighted by Crippen LogP contribution is 2.07. The van der Waals surface area contributed by atoms with Gasteiger partial charge >= 0.3 is 0 Å². The number of benzene rings is 1. The van der Waals surface area contributed by atoms with Gasteiger partial charge in [0.15, 0.2) is 0 Å². The van der Waals surface area contributed by atoms with Crippen molar-refractivity contribution >= 4 is 5.91 Å². The Morgan fingerprint density at radius 3 is 2.63 bits per heavy atom. The number of amides is 1. The molecule has 1 atom stereocenters. The summed E-state index contributed by atoms with van der Waals surface area (Å²) in [5, 5.41) is 0. The predicted molar refractivity (Wildman–Crippen MR) is 76.6 cm³/mol. The fourth-order valence-corrected chi connectivity index (χ4v) is 1.81. The van der Waals surface area contributed by atoms with Crippen LogP contribution in [0.25, 0.3) is 0 Å². The molecule has 2 N–H and O–H groups in total.